The Balaban J connectivity index is 4.49. The highest BCUT2D eigenvalue weighted by Crippen LogP contribution is 2.08. The average Bonchev–Trinajstić information content (AvgIpc) is 2.31. The number of amides is 1. The van der Waals surface area contributed by atoms with Crippen LogP contribution in [0, 0.1) is 5.92 Å². The third kappa shape index (κ3) is 7.40. The molecule has 0 aliphatic carbocycles. The van der Waals surface area contributed by atoms with Crippen molar-refractivity contribution in [3.63, 3.8) is 0 Å². The van der Waals surface area contributed by atoms with Crippen molar-refractivity contribution >= 4 is 17.8 Å². The van der Waals surface area contributed by atoms with Crippen molar-refractivity contribution < 1.29 is 24.2 Å². The molecule has 19 heavy (non-hydrogen) atoms. The van der Waals surface area contributed by atoms with E-state index in [2.05, 4.69) is 10.1 Å². The molecular weight excluding hydrogens is 252 g/mol. The van der Waals surface area contributed by atoms with Gasteiger partial charge in [0.1, 0.15) is 6.04 Å². The summed E-state index contributed by atoms with van der Waals surface area (Å²) in [4.78, 5) is 33.6. The Morgan fingerprint density at radius 2 is 1.84 bits per heavy atom. The highest BCUT2D eigenvalue weighted by atomic mass is 16.5. The Morgan fingerprint density at radius 1 is 1.26 bits per heavy atom. The number of nitrogens with two attached hydrogens (primary N) is 1. The molecule has 0 heterocycles. The van der Waals surface area contributed by atoms with Crippen LogP contribution in [0.25, 0.3) is 0 Å². The molecule has 1 amide bonds. The van der Waals surface area contributed by atoms with Crippen LogP contribution in [0.15, 0.2) is 0 Å². The van der Waals surface area contributed by atoms with Crippen molar-refractivity contribution in [3.05, 3.63) is 0 Å². The van der Waals surface area contributed by atoms with Crippen molar-refractivity contribution in [2.45, 2.75) is 45.2 Å². The van der Waals surface area contributed by atoms with Crippen LogP contribution in [-0.4, -0.2) is 42.1 Å². The van der Waals surface area contributed by atoms with Gasteiger partial charge in [-0.05, 0) is 18.8 Å². The van der Waals surface area contributed by atoms with Crippen LogP contribution in [0.4, 0.5) is 0 Å². The first-order chi connectivity index (χ1) is 8.77. The zero-order valence-electron chi connectivity index (χ0n) is 11.5. The second kappa shape index (κ2) is 8.47. The van der Waals surface area contributed by atoms with Crippen LogP contribution < -0.4 is 11.1 Å². The first kappa shape index (κ1) is 17.4. The summed E-state index contributed by atoms with van der Waals surface area (Å²) in [5.41, 5.74) is 5.42. The fourth-order valence-electron chi connectivity index (χ4n) is 1.45. The molecule has 0 aliphatic heterocycles. The predicted octanol–water partition coefficient (Wildman–Crippen LogP) is -0.118. The number of carbonyl (C=O) groups excluding carboxylic acids is 2. The van der Waals surface area contributed by atoms with E-state index < -0.39 is 36.4 Å². The molecule has 0 saturated heterocycles. The third-order valence-corrected chi connectivity index (χ3v) is 2.57. The number of hydrogen-bond acceptors (Lipinski definition) is 5. The summed E-state index contributed by atoms with van der Waals surface area (Å²) in [5.74, 6) is -2.02. The molecule has 110 valence electrons. The summed E-state index contributed by atoms with van der Waals surface area (Å²) in [6.45, 7) is 3.98. The number of esters is 1. The van der Waals surface area contributed by atoms with Gasteiger partial charge in [-0.2, -0.15) is 0 Å². The molecule has 0 aliphatic rings. The van der Waals surface area contributed by atoms with E-state index >= 15 is 0 Å². The van der Waals surface area contributed by atoms with E-state index in [4.69, 9.17) is 10.8 Å². The normalized spacial score (nSPS) is 13.7. The van der Waals surface area contributed by atoms with Gasteiger partial charge >= 0.3 is 11.9 Å². The summed E-state index contributed by atoms with van der Waals surface area (Å²) in [7, 11) is 1.23. The summed E-state index contributed by atoms with van der Waals surface area (Å²) in [6, 6.07) is -1.97. The zero-order valence-corrected chi connectivity index (χ0v) is 11.5. The first-order valence-electron chi connectivity index (χ1n) is 6.13. The number of hydrogen-bond donors (Lipinski definition) is 3. The smallest absolute Gasteiger partial charge is 0.328 e. The third-order valence-electron chi connectivity index (χ3n) is 2.57. The van der Waals surface area contributed by atoms with Crippen LogP contribution in [0.5, 0.6) is 0 Å². The zero-order chi connectivity index (χ0) is 15.0. The van der Waals surface area contributed by atoms with Crippen molar-refractivity contribution in [2.24, 2.45) is 11.7 Å². The predicted molar refractivity (Wildman–Crippen MR) is 68.2 cm³/mol. The Kier molecular flexibility index (Phi) is 7.74. The quantitative estimate of drug-likeness (QED) is 0.531. The van der Waals surface area contributed by atoms with Gasteiger partial charge in [0.05, 0.1) is 19.6 Å². The number of carboxylic acid groups (broad SMARTS) is 1. The molecule has 2 unspecified atom stereocenters. The Hall–Kier alpha value is -1.63. The maximum absolute atomic E-state index is 11.6. The number of aliphatic carboxylic acids is 1. The van der Waals surface area contributed by atoms with Crippen LogP contribution in [0.2, 0.25) is 0 Å². The molecule has 0 bridgehead atoms. The summed E-state index contributed by atoms with van der Waals surface area (Å²) >= 11 is 0. The maximum Gasteiger partial charge on any atom is 0.328 e. The van der Waals surface area contributed by atoms with Gasteiger partial charge in [0.2, 0.25) is 5.91 Å². The Labute approximate surface area is 112 Å². The second-order valence-electron chi connectivity index (χ2n) is 4.76. The lowest BCUT2D eigenvalue weighted by Gasteiger charge is -2.19. The minimum absolute atomic E-state index is 0.372. The lowest BCUT2D eigenvalue weighted by Crippen LogP contribution is -2.49. The number of ether oxygens (including phenoxy) is 1. The van der Waals surface area contributed by atoms with Crippen molar-refractivity contribution in [2.75, 3.05) is 7.11 Å². The van der Waals surface area contributed by atoms with Crippen LogP contribution in [-0.2, 0) is 19.1 Å². The number of carbonyl (C=O) groups is 3. The molecule has 0 aromatic heterocycles. The molecule has 7 heteroatoms. The molecule has 0 rings (SSSR count). The first-order valence-corrected chi connectivity index (χ1v) is 6.13. The number of carboxylic acids is 1. The monoisotopic (exact) mass is 274 g/mol. The average molecular weight is 274 g/mol. The van der Waals surface area contributed by atoms with Gasteiger partial charge in [-0.15, -0.1) is 0 Å². The fourth-order valence-corrected chi connectivity index (χ4v) is 1.45. The lowest BCUT2D eigenvalue weighted by molar-refractivity contribution is -0.145. The standard InChI is InChI=1S/C12H22N2O5/c1-7(2)4-5-9(12(18)19-3)14-11(17)8(13)6-10(15)16/h7-9H,4-6,13H2,1-3H3,(H,14,17)(H,15,16). The van der Waals surface area contributed by atoms with Crippen LogP contribution >= 0.6 is 0 Å². The summed E-state index contributed by atoms with van der Waals surface area (Å²) in [6.07, 6.45) is 0.675. The van der Waals surface area contributed by atoms with E-state index in [1.807, 2.05) is 13.8 Å². The van der Waals surface area contributed by atoms with Crippen LogP contribution in [0.3, 0.4) is 0 Å². The number of methoxy groups -OCH3 is 1. The molecule has 0 spiro atoms. The van der Waals surface area contributed by atoms with Crippen LogP contribution in [0.1, 0.15) is 33.1 Å². The van der Waals surface area contributed by atoms with E-state index in [9.17, 15) is 14.4 Å². The van der Waals surface area contributed by atoms with Crippen molar-refractivity contribution in [3.8, 4) is 0 Å². The number of nitrogens with one attached hydrogen (secondary N) is 1. The summed E-state index contributed by atoms with van der Waals surface area (Å²) < 4.78 is 4.60. The molecule has 0 fully saturated rings. The van der Waals surface area contributed by atoms with Gasteiger partial charge in [0, 0.05) is 0 Å². The largest absolute Gasteiger partial charge is 0.481 e. The maximum atomic E-state index is 11.6. The Bertz CT molecular complexity index is 330. The van der Waals surface area contributed by atoms with Gasteiger partial charge in [-0.1, -0.05) is 13.8 Å². The lowest BCUT2D eigenvalue weighted by atomic mass is 10.0. The molecule has 0 aromatic rings. The van der Waals surface area contributed by atoms with E-state index in [0.29, 0.717) is 12.3 Å². The van der Waals surface area contributed by atoms with Gasteiger partial charge in [-0.25, -0.2) is 4.79 Å². The highest BCUT2D eigenvalue weighted by Gasteiger charge is 2.25. The summed E-state index contributed by atoms with van der Waals surface area (Å²) in [5, 5.41) is 11.0. The van der Waals surface area contributed by atoms with Gasteiger partial charge < -0.3 is 20.9 Å². The minimum Gasteiger partial charge on any atom is -0.481 e. The van der Waals surface area contributed by atoms with E-state index in [1.165, 1.54) is 7.11 Å². The fraction of sp³-hybridized carbons (Fsp3) is 0.750. The topological polar surface area (TPSA) is 119 Å². The van der Waals surface area contributed by atoms with Gasteiger partial charge in [0.25, 0.3) is 0 Å². The van der Waals surface area contributed by atoms with Crippen molar-refractivity contribution in [1.82, 2.24) is 5.32 Å². The number of rotatable bonds is 8. The highest BCUT2D eigenvalue weighted by molar-refractivity contribution is 5.89. The second-order valence-corrected chi connectivity index (χ2v) is 4.76. The van der Waals surface area contributed by atoms with E-state index in [-0.39, 0.29) is 0 Å². The molecule has 7 nitrogen and oxygen atoms in total. The van der Waals surface area contributed by atoms with E-state index in [1.54, 1.807) is 0 Å². The van der Waals surface area contributed by atoms with Gasteiger partial charge in [-0.3, -0.25) is 9.59 Å². The molecular formula is C12H22N2O5. The molecule has 0 aromatic carbocycles. The van der Waals surface area contributed by atoms with Gasteiger partial charge in [0.15, 0.2) is 0 Å². The SMILES string of the molecule is COC(=O)C(CCC(C)C)NC(=O)C(N)CC(=O)O. The molecule has 4 N–H and O–H groups in total. The van der Waals surface area contributed by atoms with Crippen molar-refractivity contribution in [1.29, 1.82) is 0 Å². The Morgan fingerprint density at radius 3 is 2.26 bits per heavy atom. The van der Waals surface area contributed by atoms with E-state index in [0.717, 1.165) is 6.42 Å². The molecule has 0 saturated carbocycles. The molecule has 2 atom stereocenters. The molecule has 0 radical (unpaired) electrons. The minimum atomic E-state index is -1.18.